The van der Waals surface area contributed by atoms with Crippen molar-refractivity contribution in [1.29, 1.82) is 0 Å². The van der Waals surface area contributed by atoms with Crippen LogP contribution >= 0.6 is 0 Å². The average molecular weight is 241 g/mol. The van der Waals surface area contributed by atoms with Crippen LogP contribution < -0.4 is 5.32 Å². The van der Waals surface area contributed by atoms with Gasteiger partial charge in [-0.3, -0.25) is 0 Å². The molecule has 2 nitrogen and oxygen atoms in total. The van der Waals surface area contributed by atoms with E-state index in [0.29, 0.717) is 12.1 Å². The minimum Gasteiger partial charge on any atom is -0.377 e. The highest BCUT2D eigenvalue weighted by Gasteiger charge is 2.30. The molecule has 0 aromatic heterocycles. The molecule has 0 aliphatic heterocycles. The Bertz CT molecular complexity index is 205. The number of ether oxygens (including phenoxy) is 1. The molecule has 0 saturated heterocycles. The van der Waals surface area contributed by atoms with Crippen molar-refractivity contribution in [3.8, 4) is 0 Å². The van der Waals surface area contributed by atoms with Crippen LogP contribution in [0, 0.1) is 17.8 Å². The summed E-state index contributed by atoms with van der Waals surface area (Å²) in [6.07, 6.45) is 4.47. The van der Waals surface area contributed by atoms with Gasteiger partial charge in [0.05, 0.1) is 6.10 Å². The third kappa shape index (κ3) is 4.97. The van der Waals surface area contributed by atoms with Gasteiger partial charge in [0.15, 0.2) is 0 Å². The number of rotatable bonds is 6. The van der Waals surface area contributed by atoms with Gasteiger partial charge in [0.25, 0.3) is 0 Å². The van der Waals surface area contributed by atoms with Crippen molar-refractivity contribution >= 4 is 0 Å². The Hall–Kier alpha value is -0.0800. The van der Waals surface area contributed by atoms with Gasteiger partial charge in [-0.1, -0.05) is 27.2 Å². The normalized spacial score (nSPS) is 31.8. The predicted molar refractivity (Wildman–Crippen MR) is 74.2 cm³/mol. The minimum absolute atomic E-state index is 0.338. The van der Waals surface area contributed by atoms with Crippen LogP contribution in [0.15, 0.2) is 0 Å². The van der Waals surface area contributed by atoms with Crippen LogP contribution in [0.4, 0.5) is 0 Å². The van der Waals surface area contributed by atoms with Gasteiger partial charge in [-0.15, -0.1) is 0 Å². The van der Waals surface area contributed by atoms with E-state index in [2.05, 4.69) is 39.9 Å². The highest BCUT2D eigenvalue weighted by molar-refractivity contribution is 4.85. The summed E-state index contributed by atoms with van der Waals surface area (Å²) in [5.41, 5.74) is 0. The van der Waals surface area contributed by atoms with E-state index in [1.807, 2.05) is 0 Å². The molecule has 0 radical (unpaired) electrons. The molecule has 0 heterocycles. The standard InChI is InChI=1S/C15H31NO/c1-6-17-13(5)10-16-15-9-12(4)7-8-14(15)11(2)3/h11-16H,6-10H2,1-5H3. The van der Waals surface area contributed by atoms with E-state index < -0.39 is 0 Å². The molecule has 1 aliphatic rings. The van der Waals surface area contributed by atoms with Crippen molar-refractivity contribution in [3.05, 3.63) is 0 Å². The Morgan fingerprint density at radius 3 is 2.53 bits per heavy atom. The Kier molecular flexibility index (Phi) is 6.50. The van der Waals surface area contributed by atoms with Crippen molar-refractivity contribution in [3.63, 3.8) is 0 Å². The van der Waals surface area contributed by atoms with Gasteiger partial charge in [-0.25, -0.2) is 0 Å². The van der Waals surface area contributed by atoms with Crippen LogP contribution in [-0.2, 0) is 4.74 Å². The van der Waals surface area contributed by atoms with Gasteiger partial charge in [0, 0.05) is 19.2 Å². The summed E-state index contributed by atoms with van der Waals surface area (Å²) in [6.45, 7) is 13.1. The molecule has 1 fully saturated rings. The summed E-state index contributed by atoms with van der Waals surface area (Å²) in [6, 6.07) is 0.696. The van der Waals surface area contributed by atoms with E-state index in [1.54, 1.807) is 0 Å². The molecule has 102 valence electrons. The van der Waals surface area contributed by atoms with E-state index in [0.717, 1.165) is 30.9 Å². The third-order valence-electron chi connectivity index (χ3n) is 4.14. The van der Waals surface area contributed by atoms with E-state index in [4.69, 9.17) is 4.74 Å². The lowest BCUT2D eigenvalue weighted by Gasteiger charge is -2.38. The molecule has 1 aliphatic carbocycles. The Labute approximate surface area is 108 Å². The van der Waals surface area contributed by atoms with Crippen LogP contribution in [0.2, 0.25) is 0 Å². The zero-order chi connectivity index (χ0) is 12.8. The van der Waals surface area contributed by atoms with Crippen LogP contribution in [-0.4, -0.2) is 25.3 Å². The topological polar surface area (TPSA) is 21.3 Å². The summed E-state index contributed by atoms with van der Waals surface area (Å²) in [7, 11) is 0. The fourth-order valence-corrected chi connectivity index (χ4v) is 3.10. The molecular formula is C15H31NO. The molecule has 1 saturated carbocycles. The molecule has 4 unspecified atom stereocenters. The van der Waals surface area contributed by atoms with Crippen LogP contribution in [0.25, 0.3) is 0 Å². The molecule has 0 amide bonds. The first kappa shape index (κ1) is 15.0. The maximum atomic E-state index is 5.59. The first-order valence-corrected chi connectivity index (χ1v) is 7.39. The molecule has 0 bridgehead atoms. The van der Waals surface area contributed by atoms with Gasteiger partial charge in [0.1, 0.15) is 0 Å². The largest absolute Gasteiger partial charge is 0.377 e. The van der Waals surface area contributed by atoms with Crippen molar-refractivity contribution in [2.24, 2.45) is 17.8 Å². The third-order valence-corrected chi connectivity index (χ3v) is 4.14. The second-order valence-corrected chi connectivity index (χ2v) is 6.11. The van der Waals surface area contributed by atoms with Crippen molar-refractivity contribution in [2.45, 2.75) is 66.0 Å². The van der Waals surface area contributed by atoms with Gasteiger partial charge < -0.3 is 10.1 Å². The quantitative estimate of drug-likeness (QED) is 0.769. The lowest BCUT2D eigenvalue weighted by Crippen LogP contribution is -2.45. The zero-order valence-electron chi connectivity index (χ0n) is 12.3. The van der Waals surface area contributed by atoms with Gasteiger partial charge in [-0.2, -0.15) is 0 Å². The molecule has 4 atom stereocenters. The van der Waals surface area contributed by atoms with Crippen LogP contribution in [0.1, 0.15) is 53.9 Å². The monoisotopic (exact) mass is 241 g/mol. The minimum atomic E-state index is 0.338. The molecule has 0 aromatic rings. The zero-order valence-corrected chi connectivity index (χ0v) is 12.3. The number of nitrogens with one attached hydrogen (secondary N) is 1. The highest BCUT2D eigenvalue weighted by atomic mass is 16.5. The Balaban J connectivity index is 2.41. The fourth-order valence-electron chi connectivity index (χ4n) is 3.10. The Morgan fingerprint density at radius 1 is 1.24 bits per heavy atom. The smallest absolute Gasteiger partial charge is 0.0671 e. The summed E-state index contributed by atoms with van der Waals surface area (Å²) in [5, 5.41) is 3.74. The van der Waals surface area contributed by atoms with Crippen LogP contribution in [0.5, 0.6) is 0 Å². The Morgan fingerprint density at radius 2 is 1.94 bits per heavy atom. The predicted octanol–water partition coefficient (Wildman–Crippen LogP) is 3.46. The molecule has 0 spiro atoms. The fraction of sp³-hybridized carbons (Fsp3) is 1.00. The van der Waals surface area contributed by atoms with Gasteiger partial charge >= 0.3 is 0 Å². The molecule has 17 heavy (non-hydrogen) atoms. The highest BCUT2D eigenvalue weighted by Crippen LogP contribution is 2.33. The second kappa shape index (κ2) is 7.38. The summed E-state index contributed by atoms with van der Waals surface area (Å²) < 4.78 is 5.59. The molecule has 0 aromatic carbocycles. The number of hydrogen-bond donors (Lipinski definition) is 1. The lowest BCUT2D eigenvalue weighted by molar-refractivity contribution is 0.0656. The van der Waals surface area contributed by atoms with E-state index in [-0.39, 0.29) is 0 Å². The molecule has 1 N–H and O–H groups in total. The number of hydrogen-bond acceptors (Lipinski definition) is 2. The average Bonchev–Trinajstić information content (AvgIpc) is 2.26. The van der Waals surface area contributed by atoms with Crippen molar-refractivity contribution < 1.29 is 4.74 Å². The molecule has 1 rings (SSSR count). The van der Waals surface area contributed by atoms with Crippen molar-refractivity contribution in [1.82, 2.24) is 5.32 Å². The molecule has 2 heteroatoms. The van der Waals surface area contributed by atoms with E-state index >= 15 is 0 Å². The maximum absolute atomic E-state index is 5.59. The van der Waals surface area contributed by atoms with E-state index in [9.17, 15) is 0 Å². The first-order valence-electron chi connectivity index (χ1n) is 7.39. The first-order chi connectivity index (χ1) is 8.04. The van der Waals surface area contributed by atoms with Crippen molar-refractivity contribution in [2.75, 3.05) is 13.2 Å². The lowest BCUT2D eigenvalue weighted by atomic mass is 9.74. The second-order valence-electron chi connectivity index (χ2n) is 6.11. The molecular weight excluding hydrogens is 210 g/mol. The summed E-state index contributed by atoms with van der Waals surface area (Å²) >= 11 is 0. The maximum Gasteiger partial charge on any atom is 0.0671 e. The van der Waals surface area contributed by atoms with E-state index in [1.165, 1.54) is 19.3 Å². The summed E-state index contributed by atoms with van der Waals surface area (Å²) in [4.78, 5) is 0. The van der Waals surface area contributed by atoms with Gasteiger partial charge in [-0.05, 0) is 44.4 Å². The van der Waals surface area contributed by atoms with Gasteiger partial charge in [0.2, 0.25) is 0 Å². The SMILES string of the molecule is CCOC(C)CNC1CC(C)CCC1C(C)C. The summed E-state index contributed by atoms with van der Waals surface area (Å²) in [5.74, 6) is 2.52. The van der Waals surface area contributed by atoms with Crippen LogP contribution in [0.3, 0.4) is 0 Å².